The molecule has 0 aromatic heterocycles. The molecule has 0 saturated carbocycles. The molecule has 0 radical (unpaired) electrons. The number of hydrogen-bond donors (Lipinski definition) is 3. The van der Waals surface area contributed by atoms with Crippen LogP contribution in [-0.2, 0) is 4.74 Å². The van der Waals surface area contributed by atoms with Crippen LogP contribution in [0.4, 0.5) is 4.79 Å². The Balaban J connectivity index is 2.72. The highest BCUT2D eigenvalue weighted by Gasteiger charge is 2.18. The van der Waals surface area contributed by atoms with Crippen LogP contribution in [0.15, 0.2) is 18.2 Å². The van der Waals surface area contributed by atoms with Gasteiger partial charge in [0.05, 0.1) is 13.7 Å². The molecular formula is C17H26N2O5. The summed E-state index contributed by atoms with van der Waals surface area (Å²) < 4.78 is 16.0. The highest BCUT2D eigenvalue weighted by molar-refractivity contribution is 6.04. The minimum Gasteiger partial charge on any atom is -0.493 e. The van der Waals surface area contributed by atoms with Gasteiger partial charge in [-0.25, -0.2) is 4.79 Å². The summed E-state index contributed by atoms with van der Waals surface area (Å²) in [6, 6.07) is 4.95. The number of methoxy groups -OCH3 is 1. The molecule has 24 heavy (non-hydrogen) atoms. The molecule has 0 bridgehead atoms. The lowest BCUT2D eigenvalue weighted by Gasteiger charge is -2.20. The molecule has 0 unspecified atom stereocenters. The average molecular weight is 338 g/mol. The standard InChI is InChI=1S/C17H26N2O5/c1-17(2,3)24-16(21)19-15(18)12-7-8-13(14(11-12)22-4)23-10-6-5-9-20/h7-8,11,20H,5-6,9-10H2,1-4H3,(H2,18,19,21). The normalized spacial score (nSPS) is 10.9. The number of aliphatic hydroxyl groups is 1. The Labute approximate surface area is 142 Å². The van der Waals surface area contributed by atoms with E-state index in [-0.39, 0.29) is 12.4 Å². The van der Waals surface area contributed by atoms with Gasteiger partial charge < -0.3 is 19.3 Å². The van der Waals surface area contributed by atoms with Gasteiger partial charge >= 0.3 is 6.09 Å². The van der Waals surface area contributed by atoms with Gasteiger partial charge in [-0.2, -0.15) is 0 Å². The Hall–Kier alpha value is -2.28. The predicted octanol–water partition coefficient (Wildman–Crippen LogP) is 2.70. The zero-order valence-corrected chi connectivity index (χ0v) is 14.6. The van der Waals surface area contributed by atoms with E-state index >= 15 is 0 Å². The minimum atomic E-state index is -0.684. The van der Waals surface area contributed by atoms with Crippen molar-refractivity contribution in [2.24, 2.45) is 0 Å². The zero-order valence-electron chi connectivity index (χ0n) is 14.6. The van der Waals surface area contributed by atoms with Gasteiger partial charge in [-0.1, -0.05) is 0 Å². The minimum absolute atomic E-state index is 0.0885. The molecule has 0 saturated heterocycles. The molecule has 0 fully saturated rings. The van der Waals surface area contributed by atoms with Gasteiger partial charge in [0, 0.05) is 12.2 Å². The highest BCUT2D eigenvalue weighted by Crippen LogP contribution is 2.28. The smallest absolute Gasteiger partial charge is 0.413 e. The van der Waals surface area contributed by atoms with Crippen LogP contribution in [0.25, 0.3) is 0 Å². The van der Waals surface area contributed by atoms with Crippen molar-refractivity contribution in [1.82, 2.24) is 5.32 Å². The molecule has 1 rings (SSSR count). The first kappa shape index (κ1) is 19.8. The van der Waals surface area contributed by atoms with Crippen LogP contribution < -0.4 is 14.8 Å². The lowest BCUT2D eigenvalue weighted by atomic mass is 10.2. The van der Waals surface area contributed by atoms with Crippen molar-refractivity contribution in [2.75, 3.05) is 20.3 Å². The fourth-order valence-corrected chi connectivity index (χ4v) is 1.82. The van der Waals surface area contributed by atoms with Crippen molar-refractivity contribution in [3.05, 3.63) is 23.8 Å². The van der Waals surface area contributed by atoms with Crippen LogP contribution >= 0.6 is 0 Å². The van der Waals surface area contributed by atoms with E-state index in [4.69, 9.17) is 24.7 Å². The lowest BCUT2D eigenvalue weighted by molar-refractivity contribution is 0.0563. The SMILES string of the molecule is COc1cc(C(=N)NC(=O)OC(C)(C)C)ccc1OCCCCO. The predicted molar refractivity (Wildman–Crippen MR) is 91.0 cm³/mol. The molecule has 1 aromatic rings. The van der Waals surface area contributed by atoms with E-state index in [1.807, 2.05) is 0 Å². The molecule has 0 aliphatic carbocycles. The number of hydrogen-bond acceptors (Lipinski definition) is 6. The third-order valence-corrected chi connectivity index (χ3v) is 2.89. The molecule has 0 atom stereocenters. The summed E-state index contributed by atoms with van der Waals surface area (Å²) in [6.07, 6.45) is 0.721. The molecule has 7 nitrogen and oxygen atoms in total. The second-order valence-corrected chi connectivity index (χ2v) is 6.15. The van der Waals surface area contributed by atoms with Crippen molar-refractivity contribution in [1.29, 1.82) is 5.41 Å². The molecule has 3 N–H and O–H groups in total. The second kappa shape index (κ2) is 9.12. The fraction of sp³-hybridized carbons (Fsp3) is 0.529. The van der Waals surface area contributed by atoms with Gasteiger partial charge in [0.25, 0.3) is 0 Å². The van der Waals surface area contributed by atoms with Crippen LogP contribution in [-0.4, -0.2) is 43.0 Å². The van der Waals surface area contributed by atoms with E-state index in [0.29, 0.717) is 30.1 Å². The van der Waals surface area contributed by atoms with Crippen molar-refractivity contribution in [3.8, 4) is 11.5 Å². The van der Waals surface area contributed by atoms with Crippen LogP contribution in [0.3, 0.4) is 0 Å². The third kappa shape index (κ3) is 6.87. The van der Waals surface area contributed by atoms with Gasteiger partial charge in [-0.05, 0) is 51.8 Å². The molecule has 0 heterocycles. The third-order valence-electron chi connectivity index (χ3n) is 2.89. The maximum absolute atomic E-state index is 11.7. The first-order valence-electron chi connectivity index (χ1n) is 7.77. The van der Waals surface area contributed by atoms with Crippen LogP contribution in [0.2, 0.25) is 0 Å². The van der Waals surface area contributed by atoms with E-state index in [2.05, 4.69) is 5.32 Å². The second-order valence-electron chi connectivity index (χ2n) is 6.15. The molecule has 0 aliphatic rings. The van der Waals surface area contributed by atoms with Crippen LogP contribution in [0, 0.1) is 5.41 Å². The van der Waals surface area contributed by atoms with Crippen molar-refractivity contribution >= 4 is 11.9 Å². The quantitative estimate of drug-likeness (QED) is 0.403. The summed E-state index contributed by atoms with van der Waals surface area (Å²) in [5.41, 5.74) is -0.158. The van der Waals surface area contributed by atoms with E-state index in [1.165, 1.54) is 7.11 Å². The molecule has 1 aromatic carbocycles. The van der Waals surface area contributed by atoms with Crippen LogP contribution in [0.5, 0.6) is 11.5 Å². The van der Waals surface area contributed by atoms with Gasteiger partial charge in [-0.3, -0.25) is 10.7 Å². The number of ether oxygens (including phenoxy) is 3. The number of amidine groups is 1. The first-order chi connectivity index (χ1) is 11.3. The lowest BCUT2D eigenvalue weighted by Crippen LogP contribution is -2.36. The summed E-state index contributed by atoms with van der Waals surface area (Å²) in [4.78, 5) is 11.7. The zero-order chi connectivity index (χ0) is 18.2. The number of nitrogens with one attached hydrogen (secondary N) is 2. The van der Waals surface area contributed by atoms with Crippen molar-refractivity contribution in [3.63, 3.8) is 0 Å². The highest BCUT2D eigenvalue weighted by atomic mass is 16.6. The van der Waals surface area contributed by atoms with E-state index in [9.17, 15) is 4.79 Å². The molecule has 0 spiro atoms. The summed E-state index contributed by atoms with van der Waals surface area (Å²) in [7, 11) is 1.50. The van der Waals surface area contributed by atoms with E-state index < -0.39 is 11.7 Å². The van der Waals surface area contributed by atoms with Gasteiger partial charge in [-0.15, -0.1) is 0 Å². The Bertz CT molecular complexity index is 567. The monoisotopic (exact) mass is 338 g/mol. The summed E-state index contributed by atoms with van der Waals surface area (Å²) in [5, 5.41) is 19.1. The Morgan fingerprint density at radius 3 is 2.54 bits per heavy atom. The fourth-order valence-electron chi connectivity index (χ4n) is 1.82. The molecule has 7 heteroatoms. The summed E-state index contributed by atoms with van der Waals surface area (Å²) >= 11 is 0. The number of amides is 1. The molecule has 0 aliphatic heterocycles. The number of carbonyl (C=O) groups is 1. The summed E-state index contributed by atoms with van der Waals surface area (Å²) in [6.45, 7) is 5.85. The van der Waals surface area contributed by atoms with E-state index in [0.717, 1.165) is 6.42 Å². The number of carbonyl (C=O) groups excluding carboxylic acids is 1. The van der Waals surface area contributed by atoms with Gasteiger partial charge in [0.2, 0.25) is 0 Å². The first-order valence-corrected chi connectivity index (χ1v) is 7.77. The average Bonchev–Trinajstić information content (AvgIpc) is 2.49. The Kier molecular flexibility index (Phi) is 7.51. The Morgan fingerprint density at radius 2 is 1.96 bits per heavy atom. The van der Waals surface area contributed by atoms with E-state index in [1.54, 1.807) is 39.0 Å². The van der Waals surface area contributed by atoms with Crippen LogP contribution in [0.1, 0.15) is 39.2 Å². The largest absolute Gasteiger partial charge is 0.493 e. The number of alkyl carbamates (subject to hydrolysis) is 1. The van der Waals surface area contributed by atoms with Crippen molar-refractivity contribution in [2.45, 2.75) is 39.2 Å². The van der Waals surface area contributed by atoms with Crippen molar-refractivity contribution < 1.29 is 24.1 Å². The molecule has 1 amide bonds. The summed E-state index contributed by atoms with van der Waals surface area (Å²) in [5.74, 6) is 0.922. The topological polar surface area (TPSA) is 101 Å². The maximum Gasteiger partial charge on any atom is 0.413 e. The number of benzene rings is 1. The molecule has 134 valence electrons. The Morgan fingerprint density at radius 1 is 1.25 bits per heavy atom. The van der Waals surface area contributed by atoms with Gasteiger partial charge in [0.1, 0.15) is 11.4 Å². The molecular weight excluding hydrogens is 312 g/mol. The maximum atomic E-state index is 11.7. The van der Waals surface area contributed by atoms with Gasteiger partial charge in [0.15, 0.2) is 11.5 Å². The number of aliphatic hydroxyl groups excluding tert-OH is 1. The number of rotatable bonds is 7. The number of unbranched alkanes of at least 4 members (excludes halogenated alkanes) is 1.